The predicted octanol–water partition coefficient (Wildman–Crippen LogP) is 5.23. The Labute approximate surface area is 192 Å². The molecule has 1 aromatic heterocycles. The van der Waals surface area contributed by atoms with E-state index in [1.54, 1.807) is 0 Å². The zero-order valence-corrected chi connectivity index (χ0v) is 18.0. The first kappa shape index (κ1) is 22.0. The van der Waals surface area contributed by atoms with Crippen LogP contribution in [0.1, 0.15) is 46.8 Å². The van der Waals surface area contributed by atoms with E-state index in [2.05, 4.69) is 5.10 Å². The minimum absolute atomic E-state index is 0.0463. The van der Waals surface area contributed by atoms with E-state index in [1.807, 2.05) is 48.5 Å². The van der Waals surface area contributed by atoms with Gasteiger partial charge >= 0.3 is 18.2 Å². The number of aromatic carboxylic acids is 1. The van der Waals surface area contributed by atoms with Crippen LogP contribution < -0.4 is 4.90 Å². The molecule has 7 nitrogen and oxygen atoms in total. The third-order valence-electron chi connectivity index (χ3n) is 6.44. The number of amides is 1. The van der Waals surface area contributed by atoms with Crippen LogP contribution in [0.2, 0.25) is 0 Å². The molecule has 2 heterocycles. The first-order chi connectivity index (χ1) is 16.2. The lowest BCUT2D eigenvalue weighted by atomic mass is 9.98. The van der Waals surface area contributed by atoms with Crippen LogP contribution in [0.3, 0.4) is 0 Å². The van der Waals surface area contributed by atoms with Crippen LogP contribution in [0.4, 0.5) is 23.8 Å². The number of hydrogen-bond donors (Lipinski definition) is 1. The van der Waals surface area contributed by atoms with Gasteiger partial charge in [-0.05, 0) is 35.6 Å². The number of alkyl halides is 3. The Balaban J connectivity index is 1.46. The number of ether oxygens (including phenoxy) is 1. The Kier molecular flexibility index (Phi) is 5.11. The molecule has 1 N–H and O–H groups in total. The fourth-order valence-electron chi connectivity index (χ4n) is 4.91. The number of anilines is 1. The first-order valence-electron chi connectivity index (χ1n) is 10.7. The average Bonchev–Trinajstić information content (AvgIpc) is 3.36. The third-order valence-corrected chi connectivity index (χ3v) is 6.44. The number of fused-ring (bicyclic) bond motifs is 4. The zero-order chi connectivity index (χ0) is 24.2. The van der Waals surface area contributed by atoms with E-state index in [0.29, 0.717) is 4.68 Å². The Morgan fingerprint density at radius 2 is 1.68 bits per heavy atom. The standard InChI is InChI=1S/C24H20F3N3O4/c1-13-10-20(24(25,26)27)30-21(18(11-28-30)22(31)32)29(13)23(33)34-12-19-16-8-4-2-6-14(16)15-7-3-5-9-17(15)19/h2-9,11,13,19-20H,10,12H2,1H3,(H,31,32)/t13-,20-/m1/s1. The van der Waals surface area contributed by atoms with E-state index < -0.39 is 48.1 Å². The minimum Gasteiger partial charge on any atom is -0.477 e. The number of hydrogen-bond acceptors (Lipinski definition) is 4. The summed E-state index contributed by atoms with van der Waals surface area (Å²) in [4.78, 5) is 25.8. The van der Waals surface area contributed by atoms with Crippen molar-refractivity contribution < 1.29 is 32.6 Å². The van der Waals surface area contributed by atoms with E-state index in [-0.39, 0.29) is 12.5 Å². The summed E-state index contributed by atoms with van der Waals surface area (Å²) in [5, 5.41) is 13.2. The average molecular weight is 471 g/mol. The van der Waals surface area contributed by atoms with Crippen LogP contribution in [0, 0.1) is 0 Å². The molecule has 1 amide bonds. The summed E-state index contributed by atoms with van der Waals surface area (Å²) in [7, 11) is 0. The summed E-state index contributed by atoms with van der Waals surface area (Å²) >= 11 is 0. The maximum Gasteiger partial charge on any atom is 0.415 e. The molecule has 0 bridgehead atoms. The molecule has 1 aliphatic carbocycles. The van der Waals surface area contributed by atoms with Crippen molar-refractivity contribution in [2.45, 2.75) is 37.5 Å². The van der Waals surface area contributed by atoms with E-state index >= 15 is 0 Å². The summed E-state index contributed by atoms with van der Waals surface area (Å²) in [6.45, 7) is 1.39. The SMILES string of the molecule is C[C@@H]1C[C@H](C(F)(F)F)n2ncc(C(=O)O)c2N1C(=O)OCC1c2ccccc2-c2ccccc21. The molecular weight excluding hydrogens is 451 g/mol. The molecule has 10 heteroatoms. The summed E-state index contributed by atoms with van der Waals surface area (Å²) in [6, 6.07) is 12.5. The number of carbonyl (C=O) groups is 2. The lowest BCUT2D eigenvalue weighted by molar-refractivity contribution is -0.174. The highest BCUT2D eigenvalue weighted by atomic mass is 19.4. The number of benzene rings is 2. The molecule has 0 radical (unpaired) electrons. The fraction of sp³-hybridized carbons (Fsp3) is 0.292. The number of halogens is 3. The molecule has 176 valence electrons. The van der Waals surface area contributed by atoms with Crippen LogP contribution in [-0.2, 0) is 4.74 Å². The Morgan fingerprint density at radius 1 is 1.09 bits per heavy atom. The van der Waals surface area contributed by atoms with Gasteiger partial charge in [0.2, 0.25) is 0 Å². The quantitative estimate of drug-likeness (QED) is 0.565. The van der Waals surface area contributed by atoms with Crippen molar-refractivity contribution >= 4 is 17.9 Å². The Morgan fingerprint density at radius 3 is 2.24 bits per heavy atom. The maximum absolute atomic E-state index is 13.6. The van der Waals surface area contributed by atoms with E-state index in [4.69, 9.17) is 4.74 Å². The second kappa shape index (κ2) is 7.89. The lowest BCUT2D eigenvalue weighted by Gasteiger charge is -2.38. The highest BCUT2D eigenvalue weighted by Crippen LogP contribution is 2.46. The summed E-state index contributed by atoms with van der Waals surface area (Å²) in [5.74, 6) is -2.15. The molecule has 0 saturated heterocycles. The minimum atomic E-state index is -4.65. The maximum atomic E-state index is 13.6. The molecule has 3 aromatic rings. The number of aromatic nitrogens is 2. The fourth-order valence-corrected chi connectivity index (χ4v) is 4.91. The number of rotatable bonds is 3. The van der Waals surface area contributed by atoms with Crippen LogP contribution in [0.25, 0.3) is 11.1 Å². The van der Waals surface area contributed by atoms with E-state index in [9.17, 15) is 27.9 Å². The van der Waals surface area contributed by atoms with Gasteiger partial charge in [-0.3, -0.25) is 4.90 Å². The Hall–Kier alpha value is -3.82. The molecule has 2 aliphatic rings. The van der Waals surface area contributed by atoms with Gasteiger partial charge in [-0.15, -0.1) is 0 Å². The molecule has 0 fully saturated rings. The van der Waals surface area contributed by atoms with Crippen LogP contribution >= 0.6 is 0 Å². The van der Waals surface area contributed by atoms with Gasteiger partial charge in [0.05, 0.1) is 6.20 Å². The number of carboxylic acids is 1. The molecule has 0 saturated carbocycles. The molecule has 0 unspecified atom stereocenters. The van der Waals surface area contributed by atoms with Gasteiger partial charge in [0.15, 0.2) is 11.9 Å². The van der Waals surface area contributed by atoms with Crippen molar-refractivity contribution in [3.63, 3.8) is 0 Å². The molecule has 1 aliphatic heterocycles. The van der Waals surface area contributed by atoms with Gasteiger partial charge in [0.25, 0.3) is 0 Å². The number of carbonyl (C=O) groups excluding carboxylic acids is 1. The van der Waals surface area contributed by atoms with Crippen molar-refractivity contribution in [1.82, 2.24) is 9.78 Å². The van der Waals surface area contributed by atoms with E-state index in [0.717, 1.165) is 33.4 Å². The smallest absolute Gasteiger partial charge is 0.415 e. The van der Waals surface area contributed by atoms with Gasteiger partial charge in [0, 0.05) is 12.0 Å². The van der Waals surface area contributed by atoms with Crippen molar-refractivity contribution in [3.05, 3.63) is 71.4 Å². The highest BCUT2D eigenvalue weighted by Gasteiger charge is 2.50. The van der Waals surface area contributed by atoms with Crippen molar-refractivity contribution in [2.24, 2.45) is 0 Å². The predicted molar refractivity (Wildman–Crippen MR) is 116 cm³/mol. The third kappa shape index (κ3) is 3.41. The van der Waals surface area contributed by atoms with Gasteiger partial charge < -0.3 is 9.84 Å². The van der Waals surface area contributed by atoms with Crippen LogP contribution in [0.5, 0.6) is 0 Å². The molecule has 2 atom stereocenters. The zero-order valence-electron chi connectivity index (χ0n) is 18.0. The van der Waals surface area contributed by atoms with Crippen LogP contribution in [0.15, 0.2) is 54.7 Å². The van der Waals surface area contributed by atoms with Gasteiger partial charge in [-0.25, -0.2) is 14.3 Å². The normalized spacial score (nSPS) is 19.4. The van der Waals surface area contributed by atoms with Crippen molar-refractivity contribution in [1.29, 1.82) is 0 Å². The summed E-state index contributed by atoms with van der Waals surface area (Å²) in [6.07, 6.45) is -5.21. The highest BCUT2D eigenvalue weighted by molar-refractivity contribution is 5.99. The molecular formula is C24H20F3N3O4. The summed E-state index contributed by atoms with van der Waals surface area (Å²) < 4.78 is 47.0. The van der Waals surface area contributed by atoms with E-state index in [1.165, 1.54) is 6.92 Å². The lowest BCUT2D eigenvalue weighted by Crippen LogP contribution is -2.49. The Bertz CT molecular complexity index is 1240. The summed E-state index contributed by atoms with van der Waals surface area (Å²) in [5.41, 5.74) is 3.54. The molecule has 0 spiro atoms. The van der Waals surface area contributed by atoms with Gasteiger partial charge in [0.1, 0.15) is 12.2 Å². The topological polar surface area (TPSA) is 84.7 Å². The number of nitrogens with zero attached hydrogens (tertiary/aromatic N) is 3. The monoisotopic (exact) mass is 471 g/mol. The van der Waals surface area contributed by atoms with Crippen LogP contribution in [-0.4, -0.2) is 45.8 Å². The second-order valence-electron chi connectivity index (χ2n) is 8.45. The van der Waals surface area contributed by atoms with Crippen molar-refractivity contribution in [2.75, 3.05) is 11.5 Å². The van der Waals surface area contributed by atoms with Gasteiger partial charge in [-0.1, -0.05) is 48.5 Å². The van der Waals surface area contributed by atoms with Crippen molar-refractivity contribution in [3.8, 4) is 11.1 Å². The molecule has 5 rings (SSSR count). The first-order valence-corrected chi connectivity index (χ1v) is 10.7. The molecule has 34 heavy (non-hydrogen) atoms. The number of carboxylic acid groups (broad SMARTS) is 1. The largest absolute Gasteiger partial charge is 0.477 e. The molecule has 2 aromatic carbocycles. The second-order valence-corrected chi connectivity index (χ2v) is 8.45. The van der Waals surface area contributed by atoms with Gasteiger partial charge in [-0.2, -0.15) is 18.3 Å².